The zero-order valence-electron chi connectivity index (χ0n) is 12.4. The third-order valence-corrected chi connectivity index (χ3v) is 4.39. The van der Waals surface area contributed by atoms with Crippen molar-refractivity contribution in [3.05, 3.63) is 31.9 Å². The summed E-state index contributed by atoms with van der Waals surface area (Å²) < 4.78 is 1.54. The van der Waals surface area contributed by atoms with E-state index in [0.717, 1.165) is 17.8 Å². The van der Waals surface area contributed by atoms with E-state index in [-0.39, 0.29) is 10.6 Å². The van der Waals surface area contributed by atoms with Gasteiger partial charge < -0.3 is 5.32 Å². The predicted molar refractivity (Wildman–Crippen MR) is 82.9 cm³/mol. The molecule has 2 rings (SSSR count). The molecule has 1 N–H and O–H groups in total. The molecular formula is C13H19N5O2S. The first-order chi connectivity index (χ1) is 10.1. The number of aryl methyl sites for hydroxylation is 3. The van der Waals surface area contributed by atoms with Crippen LogP contribution in [0.1, 0.15) is 29.4 Å². The first-order valence-corrected chi connectivity index (χ1v) is 7.76. The smallest absolute Gasteiger partial charge is 0.333 e. The van der Waals surface area contributed by atoms with Crippen molar-refractivity contribution in [1.29, 1.82) is 0 Å². The fourth-order valence-electron chi connectivity index (χ4n) is 2.11. The molecule has 2 aromatic rings. The Morgan fingerprint density at radius 3 is 2.76 bits per heavy atom. The van der Waals surface area contributed by atoms with Gasteiger partial charge in [-0.3, -0.25) is 10.1 Å². The molecule has 2 aromatic heterocycles. The van der Waals surface area contributed by atoms with Gasteiger partial charge in [-0.25, -0.2) is 9.67 Å². The quantitative estimate of drug-likeness (QED) is 0.627. The number of nitrogens with zero attached hydrogens (tertiary/aromatic N) is 4. The number of hydrogen-bond acceptors (Lipinski definition) is 6. The molecule has 0 radical (unpaired) electrons. The third kappa shape index (κ3) is 3.38. The Morgan fingerprint density at radius 2 is 2.19 bits per heavy atom. The van der Waals surface area contributed by atoms with Gasteiger partial charge in [0.2, 0.25) is 5.82 Å². The maximum absolute atomic E-state index is 11.2. The minimum atomic E-state index is -0.368. The molecule has 0 fully saturated rings. The molecule has 0 unspecified atom stereocenters. The predicted octanol–water partition coefficient (Wildman–Crippen LogP) is 2.56. The highest BCUT2D eigenvalue weighted by molar-refractivity contribution is 7.11. The van der Waals surface area contributed by atoms with Crippen LogP contribution in [0.2, 0.25) is 0 Å². The van der Waals surface area contributed by atoms with E-state index >= 15 is 0 Å². The number of hydrogen-bond donors (Lipinski definition) is 1. The van der Waals surface area contributed by atoms with E-state index < -0.39 is 0 Å². The van der Waals surface area contributed by atoms with Crippen molar-refractivity contribution in [2.75, 3.05) is 11.9 Å². The van der Waals surface area contributed by atoms with Crippen LogP contribution in [0.3, 0.4) is 0 Å². The summed E-state index contributed by atoms with van der Waals surface area (Å²) in [6, 6.07) is 0. The van der Waals surface area contributed by atoms with Crippen LogP contribution < -0.4 is 5.32 Å². The summed E-state index contributed by atoms with van der Waals surface area (Å²) in [6.07, 6.45) is 4.16. The largest absolute Gasteiger partial charge is 0.364 e. The van der Waals surface area contributed by atoms with Gasteiger partial charge >= 0.3 is 5.69 Å². The molecule has 0 amide bonds. The Hall–Kier alpha value is -1.96. The molecule has 2 heterocycles. The lowest BCUT2D eigenvalue weighted by Gasteiger charge is -2.04. The molecule has 7 nitrogen and oxygen atoms in total. The molecule has 0 atom stereocenters. The molecule has 114 valence electrons. The van der Waals surface area contributed by atoms with Gasteiger partial charge in [-0.1, -0.05) is 13.8 Å². The molecule has 0 aliphatic rings. The number of nitro groups is 1. The van der Waals surface area contributed by atoms with Crippen LogP contribution in [-0.2, 0) is 26.3 Å². The van der Waals surface area contributed by atoms with Crippen molar-refractivity contribution in [3.63, 3.8) is 0 Å². The molecule has 0 aromatic carbocycles. The van der Waals surface area contributed by atoms with E-state index in [1.807, 2.05) is 13.1 Å². The molecule has 21 heavy (non-hydrogen) atoms. The SMILES string of the molecule is CCc1cnc(CCNc2c([N+](=O)[O-])c(CC)nn2C)s1. The zero-order valence-corrected chi connectivity index (χ0v) is 13.2. The van der Waals surface area contributed by atoms with Gasteiger partial charge in [0, 0.05) is 31.1 Å². The molecule has 0 saturated carbocycles. The summed E-state index contributed by atoms with van der Waals surface area (Å²) in [5.74, 6) is 0.462. The molecule has 0 bridgehead atoms. The number of rotatable bonds is 7. The van der Waals surface area contributed by atoms with Gasteiger partial charge in [-0.15, -0.1) is 11.3 Å². The summed E-state index contributed by atoms with van der Waals surface area (Å²) in [4.78, 5) is 16.4. The van der Waals surface area contributed by atoms with Crippen molar-refractivity contribution in [2.45, 2.75) is 33.1 Å². The average molecular weight is 309 g/mol. The van der Waals surface area contributed by atoms with Crippen LogP contribution in [0, 0.1) is 10.1 Å². The lowest BCUT2D eigenvalue weighted by Crippen LogP contribution is -2.09. The molecule has 0 aliphatic carbocycles. The van der Waals surface area contributed by atoms with E-state index in [0.29, 0.717) is 24.5 Å². The lowest BCUT2D eigenvalue weighted by atomic mass is 10.3. The van der Waals surface area contributed by atoms with E-state index in [1.54, 1.807) is 18.4 Å². The normalized spacial score (nSPS) is 10.8. The van der Waals surface area contributed by atoms with Gasteiger partial charge in [-0.05, 0) is 12.8 Å². The number of anilines is 1. The van der Waals surface area contributed by atoms with Crippen molar-refractivity contribution in [1.82, 2.24) is 14.8 Å². The van der Waals surface area contributed by atoms with Crippen molar-refractivity contribution in [2.24, 2.45) is 7.05 Å². The molecule has 0 aliphatic heterocycles. The van der Waals surface area contributed by atoms with Crippen molar-refractivity contribution >= 4 is 22.8 Å². The minimum Gasteiger partial charge on any atom is -0.364 e. The highest BCUT2D eigenvalue weighted by Gasteiger charge is 2.25. The van der Waals surface area contributed by atoms with E-state index in [4.69, 9.17) is 0 Å². The van der Waals surface area contributed by atoms with Gasteiger partial charge in [0.1, 0.15) is 5.69 Å². The summed E-state index contributed by atoms with van der Waals surface area (Å²) in [5.41, 5.74) is 0.584. The first kappa shape index (κ1) is 15.4. The molecule has 0 saturated heterocycles. The second-order valence-electron chi connectivity index (χ2n) is 4.63. The van der Waals surface area contributed by atoms with Crippen molar-refractivity contribution < 1.29 is 4.92 Å². The Balaban J connectivity index is 2.06. The summed E-state index contributed by atoms with van der Waals surface area (Å²) in [5, 5.41) is 19.5. The Bertz CT molecular complexity index is 635. The number of aromatic nitrogens is 3. The summed E-state index contributed by atoms with van der Waals surface area (Å²) in [6.45, 7) is 4.56. The maximum atomic E-state index is 11.2. The molecule has 8 heteroatoms. The zero-order chi connectivity index (χ0) is 15.4. The van der Waals surface area contributed by atoms with Gasteiger partial charge in [-0.2, -0.15) is 5.10 Å². The fraction of sp³-hybridized carbons (Fsp3) is 0.538. The topological polar surface area (TPSA) is 85.9 Å². The van der Waals surface area contributed by atoms with E-state index in [2.05, 4.69) is 22.3 Å². The number of nitrogens with one attached hydrogen (secondary N) is 1. The Kier molecular flexibility index (Phi) is 4.89. The van der Waals surface area contributed by atoms with Crippen LogP contribution in [0.4, 0.5) is 11.5 Å². The number of thiazole rings is 1. The van der Waals surface area contributed by atoms with E-state index in [9.17, 15) is 10.1 Å². The fourth-order valence-corrected chi connectivity index (χ4v) is 2.97. The van der Waals surface area contributed by atoms with Crippen LogP contribution in [0.5, 0.6) is 0 Å². The van der Waals surface area contributed by atoms with Crippen LogP contribution in [0.15, 0.2) is 6.20 Å². The minimum absolute atomic E-state index is 0.0772. The van der Waals surface area contributed by atoms with Crippen LogP contribution in [0.25, 0.3) is 0 Å². The third-order valence-electron chi connectivity index (χ3n) is 3.19. The van der Waals surface area contributed by atoms with Gasteiger partial charge in [0.05, 0.1) is 9.93 Å². The highest BCUT2D eigenvalue weighted by Crippen LogP contribution is 2.28. The second-order valence-corrected chi connectivity index (χ2v) is 5.83. The summed E-state index contributed by atoms with van der Waals surface area (Å²) >= 11 is 1.69. The van der Waals surface area contributed by atoms with Crippen LogP contribution >= 0.6 is 11.3 Å². The standard InChI is InChI=1S/C13H19N5O2S/c1-4-9-8-15-11(21-9)6-7-14-13-12(18(19)20)10(5-2)16-17(13)3/h8,14H,4-7H2,1-3H3. The summed E-state index contributed by atoms with van der Waals surface area (Å²) in [7, 11) is 1.72. The van der Waals surface area contributed by atoms with Crippen LogP contribution in [-0.4, -0.2) is 26.2 Å². The monoisotopic (exact) mass is 309 g/mol. The Morgan fingerprint density at radius 1 is 1.43 bits per heavy atom. The van der Waals surface area contributed by atoms with E-state index in [1.165, 1.54) is 9.56 Å². The van der Waals surface area contributed by atoms with Gasteiger partial charge in [0.15, 0.2) is 0 Å². The second kappa shape index (κ2) is 6.66. The molecular weight excluding hydrogens is 290 g/mol. The Labute approximate surface area is 127 Å². The van der Waals surface area contributed by atoms with Crippen molar-refractivity contribution in [3.8, 4) is 0 Å². The maximum Gasteiger partial charge on any atom is 0.333 e. The average Bonchev–Trinajstić information content (AvgIpc) is 3.03. The highest BCUT2D eigenvalue weighted by atomic mass is 32.1. The van der Waals surface area contributed by atoms with Gasteiger partial charge in [0.25, 0.3) is 0 Å². The lowest BCUT2D eigenvalue weighted by molar-refractivity contribution is -0.384. The molecule has 0 spiro atoms. The first-order valence-electron chi connectivity index (χ1n) is 6.94.